The van der Waals surface area contributed by atoms with Gasteiger partial charge in [-0.25, -0.2) is 0 Å². The van der Waals surface area contributed by atoms with Gasteiger partial charge in [-0.2, -0.15) is 0 Å². The smallest absolute Gasteiger partial charge is 0.237 e. The molecule has 0 aliphatic carbocycles. The molecule has 4 heteroatoms. The summed E-state index contributed by atoms with van der Waals surface area (Å²) in [7, 11) is 3.60. The van der Waals surface area contributed by atoms with E-state index >= 15 is 0 Å². The van der Waals surface area contributed by atoms with Gasteiger partial charge in [-0.05, 0) is 45.5 Å². The largest absolute Gasteiger partial charge is 0.497 e. The summed E-state index contributed by atoms with van der Waals surface area (Å²) in [5.74, 6) is 0.894. The first kappa shape index (κ1) is 15.5. The molecule has 0 bridgehead atoms. The number of likely N-dealkylation sites (N-methyl/N-ethyl adjacent to an activating group) is 1. The van der Waals surface area contributed by atoms with E-state index in [-0.39, 0.29) is 18.0 Å². The van der Waals surface area contributed by atoms with Gasteiger partial charge in [0.25, 0.3) is 0 Å². The molecule has 19 heavy (non-hydrogen) atoms. The molecule has 4 nitrogen and oxygen atoms in total. The maximum absolute atomic E-state index is 11.9. The summed E-state index contributed by atoms with van der Waals surface area (Å²) in [6.45, 7) is 6.56. The lowest BCUT2D eigenvalue weighted by Crippen LogP contribution is -2.45. The Hall–Kier alpha value is -1.55. The summed E-state index contributed by atoms with van der Waals surface area (Å²) in [4.78, 5) is 14.0. The molecular weight excluding hydrogens is 240 g/mol. The van der Waals surface area contributed by atoms with Crippen molar-refractivity contribution in [3.63, 3.8) is 0 Å². The summed E-state index contributed by atoms with van der Waals surface area (Å²) >= 11 is 0. The Bertz CT molecular complexity index is 418. The van der Waals surface area contributed by atoms with Crippen LogP contribution in [0, 0.1) is 0 Å². The number of ether oxygens (including phenoxy) is 1. The van der Waals surface area contributed by atoms with Crippen molar-refractivity contribution in [2.75, 3.05) is 14.2 Å². The van der Waals surface area contributed by atoms with Crippen LogP contribution in [0.25, 0.3) is 0 Å². The molecule has 0 fully saturated rings. The Morgan fingerprint density at radius 1 is 1.37 bits per heavy atom. The maximum Gasteiger partial charge on any atom is 0.237 e. The highest BCUT2D eigenvalue weighted by Gasteiger charge is 2.18. The third kappa shape index (κ3) is 4.91. The second kappa shape index (κ2) is 7.14. The molecule has 1 atom stereocenters. The minimum absolute atomic E-state index is 0.0559. The van der Waals surface area contributed by atoms with E-state index in [9.17, 15) is 4.79 Å². The maximum atomic E-state index is 11.9. The molecule has 0 aliphatic heterocycles. The van der Waals surface area contributed by atoms with Gasteiger partial charge in [0.05, 0.1) is 13.2 Å². The lowest BCUT2D eigenvalue weighted by molar-refractivity contribution is -0.126. The topological polar surface area (TPSA) is 41.6 Å². The second-order valence-electron chi connectivity index (χ2n) is 5.11. The highest BCUT2D eigenvalue weighted by molar-refractivity contribution is 5.81. The Labute approximate surface area is 115 Å². The Morgan fingerprint density at radius 3 is 2.63 bits per heavy atom. The predicted molar refractivity (Wildman–Crippen MR) is 77.2 cm³/mol. The summed E-state index contributed by atoms with van der Waals surface area (Å²) in [5, 5.41) is 2.93. The van der Waals surface area contributed by atoms with E-state index < -0.39 is 0 Å². The zero-order valence-corrected chi connectivity index (χ0v) is 12.4. The molecule has 1 aromatic carbocycles. The van der Waals surface area contributed by atoms with Crippen LogP contribution in [-0.4, -0.2) is 37.0 Å². The fourth-order valence-corrected chi connectivity index (χ4v) is 1.80. The normalized spacial score (nSPS) is 12.6. The predicted octanol–water partition coefficient (Wildman–Crippen LogP) is 2.04. The molecule has 0 unspecified atom stereocenters. The first-order valence-corrected chi connectivity index (χ1v) is 6.57. The first-order chi connectivity index (χ1) is 8.93. The molecule has 0 saturated heterocycles. The van der Waals surface area contributed by atoms with E-state index in [1.54, 1.807) is 7.11 Å². The lowest BCUT2D eigenvalue weighted by Gasteiger charge is -2.25. The molecule has 0 aromatic heterocycles. The van der Waals surface area contributed by atoms with E-state index in [0.717, 1.165) is 11.3 Å². The first-order valence-electron chi connectivity index (χ1n) is 6.57. The van der Waals surface area contributed by atoms with Gasteiger partial charge in [-0.15, -0.1) is 0 Å². The van der Waals surface area contributed by atoms with Crippen LogP contribution in [-0.2, 0) is 11.3 Å². The quantitative estimate of drug-likeness (QED) is 0.855. The van der Waals surface area contributed by atoms with E-state index in [0.29, 0.717) is 6.54 Å². The summed E-state index contributed by atoms with van der Waals surface area (Å²) in [6.07, 6.45) is 0. The minimum atomic E-state index is -0.159. The zero-order chi connectivity index (χ0) is 14.4. The third-order valence-electron chi connectivity index (χ3n) is 3.04. The van der Waals surface area contributed by atoms with Gasteiger partial charge in [-0.3, -0.25) is 9.69 Å². The van der Waals surface area contributed by atoms with E-state index in [4.69, 9.17) is 4.74 Å². The number of rotatable bonds is 6. The summed E-state index contributed by atoms with van der Waals surface area (Å²) in [6, 6.07) is 7.91. The van der Waals surface area contributed by atoms with Crippen LogP contribution in [0.15, 0.2) is 24.3 Å². The standard InChI is InChI=1S/C15H24N2O2/c1-11(2)16-15(18)12(3)17(4)10-13-7-6-8-14(9-13)19-5/h6-9,11-12H,10H2,1-5H3,(H,16,18)/t12-/m1/s1. The molecule has 106 valence electrons. The van der Waals surface area contributed by atoms with Crippen molar-refractivity contribution in [1.82, 2.24) is 10.2 Å². The molecule has 0 heterocycles. The Morgan fingerprint density at radius 2 is 2.05 bits per heavy atom. The van der Waals surface area contributed by atoms with Crippen molar-refractivity contribution in [2.45, 2.75) is 39.4 Å². The number of methoxy groups -OCH3 is 1. The van der Waals surface area contributed by atoms with Crippen molar-refractivity contribution < 1.29 is 9.53 Å². The van der Waals surface area contributed by atoms with E-state index in [1.807, 2.05) is 57.0 Å². The number of hydrogen-bond acceptors (Lipinski definition) is 3. The minimum Gasteiger partial charge on any atom is -0.497 e. The van der Waals surface area contributed by atoms with Crippen LogP contribution < -0.4 is 10.1 Å². The average molecular weight is 264 g/mol. The highest BCUT2D eigenvalue weighted by atomic mass is 16.5. The van der Waals surface area contributed by atoms with Crippen molar-refractivity contribution in [2.24, 2.45) is 0 Å². The fourth-order valence-electron chi connectivity index (χ4n) is 1.80. The average Bonchev–Trinajstić information content (AvgIpc) is 2.37. The van der Waals surface area contributed by atoms with Crippen molar-refractivity contribution in [1.29, 1.82) is 0 Å². The van der Waals surface area contributed by atoms with Gasteiger partial charge in [-0.1, -0.05) is 12.1 Å². The molecule has 1 N–H and O–H groups in total. The van der Waals surface area contributed by atoms with Gasteiger partial charge < -0.3 is 10.1 Å². The molecule has 1 aromatic rings. The number of amides is 1. The van der Waals surface area contributed by atoms with Gasteiger partial charge in [0.15, 0.2) is 0 Å². The van der Waals surface area contributed by atoms with E-state index in [1.165, 1.54) is 0 Å². The zero-order valence-electron chi connectivity index (χ0n) is 12.4. The molecule has 1 amide bonds. The molecule has 1 rings (SSSR count). The van der Waals surface area contributed by atoms with Crippen LogP contribution in [0.3, 0.4) is 0 Å². The molecule has 0 radical (unpaired) electrons. The van der Waals surface area contributed by atoms with Gasteiger partial charge in [0.1, 0.15) is 5.75 Å². The number of benzene rings is 1. The number of nitrogens with zero attached hydrogens (tertiary/aromatic N) is 1. The third-order valence-corrected chi connectivity index (χ3v) is 3.04. The van der Waals surface area contributed by atoms with Gasteiger partial charge in [0, 0.05) is 12.6 Å². The number of hydrogen-bond donors (Lipinski definition) is 1. The summed E-state index contributed by atoms with van der Waals surface area (Å²) < 4.78 is 5.20. The number of nitrogens with one attached hydrogen (secondary N) is 1. The van der Waals surface area contributed by atoms with Crippen molar-refractivity contribution in [3.05, 3.63) is 29.8 Å². The van der Waals surface area contributed by atoms with Gasteiger partial charge >= 0.3 is 0 Å². The van der Waals surface area contributed by atoms with Crippen LogP contribution in [0.5, 0.6) is 5.75 Å². The van der Waals surface area contributed by atoms with Crippen LogP contribution in [0.2, 0.25) is 0 Å². The Balaban J connectivity index is 2.62. The summed E-state index contributed by atoms with van der Waals surface area (Å²) in [5.41, 5.74) is 1.13. The number of carbonyl (C=O) groups excluding carboxylic acids is 1. The second-order valence-corrected chi connectivity index (χ2v) is 5.11. The van der Waals surface area contributed by atoms with E-state index in [2.05, 4.69) is 5.32 Å². The van der Waals surface area contributed by atoms with Crippen molar-refractivity contribution >= 4 is 5.91 Å². The molecular formula is C15H24N2O2. The van der Waals surface area contributed by atoms with Crippen LogP contribution in [0.4, 0.5) is 0 Å². The van der Waals surface area contributed by atoms with Crippen LogP contribution >= 0.6 is 0 Å². The van der Waals surface area contributed by atoms with Crippen LogP contribution in [0.1, 0.15) is 26.3 Å². The monoisotopic (exact) mass is 264 g/mol. The molecule has 0 saturated carbocycles. The lowest BCUT2D eigenvalue weighted by atomic mass is 10.1. The molecule has 0 spiro atoms. The van der Waals surface area contributed by atoms with Crippen molar-refractivity contribution in [3.8, 4) is 5.75 Å². The number of carbonyl (C=O) groups is 1. The highest BCUT2D eigenvalue weighted by Crippen LogP contribution is 2.14. The molecule has 0 aliphatic rings. The van der Waals surface area contributed by atoms with Gasteiger partial charge in [0.2, 0.25) is 5.91 Å². The SMILES string of the molecule is COc1cccc(CN(C)[C@H](C)C(=O)NC(C)C)c1. The Kier molecular flexibility index (Phi) is 5.83. The fraction of sp³-hybridized carbons (Fsp3) is 0.533.